The van der Waals surface area contributed by atoms with Crippen molar-refractivity contribution < 1.29 is 70.4 Å². The average molecular weight is 515 g/mol. The number of rotatable bonds is 6. The number of carbonyl (C=O) groups excluding carboxylic acids is 2. The second kappa shape index (κ2) is 14.9. The van der Waals surface area contributed by atoms with Gasteiger partial charge in [-0.2, -0.15) is 26.3 Å². The number of nitrogens with zero attached hydrogens (tertiary/aromatic N) is 2. The molecule has 34 heavy (non-hydrogen) atoms. The fourth-order valence-electron chi connectivity index (χ4n) is 2.15. The largest absolute Gasteiger partial charge is 0.490 e. The molecule has 5 N–H and O–H groups in total. The van der Waals surface area contributed by atoms with Crippen LogP contribution in [-0.4, -0.2) is 113 Å². The van der Waals surface area contributed by atoms with Crippen LogP contribution in [0.2, 0.25) is 0 Å². The van der Waals surface area contributed by atoms with Crippen molar-refractivity contribution in [3.8, 4) is 0 Å². The lowest BCUT2D eigenvalue weighted by atomic mass is 10.1. The highest BCUT2D eigenvalue weighted by Crippen LogP contribution is 2.14. The molecule has 1 aliphatic rings. The van der Waals surface area contributed by atoms with E-state index < -0.39 is 36.2 Å². The Kier molecular flexibility index (Phi) is 14.5. The normalized spacial score (nSPS) is 16.2. The Morgan fingerprint density at radius 3 is 1.71 bits per heavy atom. The Hall–Kier alpha value is -3.15. The number of hydrogen-bond donors (Lipinski definition) is 4. The molecule has 18 heteroatoms. The molecule has 198 valence electrons. The number of halogens is 6. The SMILES string of the molecule is CC(=O)OCC1CN(C(=O)CCN)CCN1CC(=O)O.O=C(O)C(F)(F)F.O=C(O)C(F)(F)F. The maximum absolute atomic E-state index is 11.8. The fourth-order valence-corrected chi connectivity index (χ4v) is 2.15. The van der Waals surface area contributed by atoms with Gasteiger partial charge in [-0.3, -0.25) is 19.3 Å². The number of hydrogen-bond acceptors (Lipinski definition) is 8. The summed E-state index contributed by atoms with van der Waals surface area (Å²) < 4.78 is 68.4. The summed E-state index contributed by atoms with van der Waals surface area (Å²) in [6, 6.07) is -0.300. The van der Waals surface area contributed by atoms with Crippen LogP contribution >= 0.6 is 0 Å². The van der Waals surface area contributed by atoms with Crippen LogP contribution in [0.25, 0.3) is 0 Å². The Labute approximate surface area is 187 Å². The summed E-state index contributed by atoms with van der Waals surface area (Å²) in [5.41, 5.74) is 5.36. The van der Waals surface area contributed by atoms with Crippen LogP contribution in [0.15, 0.2) is 0 Å². The van der Waals surface area contributed by atoms with Crippen LogP contribution in [0, 0.1) is 0 Å². The molecular formula is C16H23F6N3O9. The lowest BCUT2D eigenvalue weighted by Gasteiger charge is -2.40. The molecule has 0 aromatic rings. The Morgan fingerprint density at radius 2 is 1.38 bits per heavy atom. The van der Waals surface area contributed by atoms with Gasteiger partial charge >= 0.3 is 36.2 Å². The second-order valence-corrected chi connectivity index (χ2v) is 6.30. The first-order valence-corrected chi connectivity index (χ1v) is 9.00. The van der Waals surface area contributed by atoms with Crippen LogP contribution < -0.4 is 5.73 Å². The maximum atomic E-state index is 11.8. The van der Waals surface area contributed by atoms with Crippen molar-refractivity contribution >= 4 is 29.8 Å². The third-order valence-electron chi connectivity index (χ3n) is 3.62. The van der Waals surface area contributed by atoms with Crippen LogP contribution in [0.5, 0.6) is 0 Å². The van der Waals surface area contributed by atoms with Crippen LogP contribution in [-0.2, 0) is 28.7 Å². The zero-order chi connectivity index (χ0) is 27.3. The first-order valence-electron chi connectivity index (χ1n) is 9.00. The van der Waals surface area contributed by atoms with Gasteiger partial charge in [0.25, 0.3) is 0 Å². The van der Waals surface area contributed by atoms with E-state index in [0.29, 0.717) is 19.6 Å². The number of piperazine rings is 1. The molecule has 0 radical (unpaired) electrons. The number of nitrogens with two attached hydrogens (primary N) is 1. The van der Waals surface area contributed by atoms with E-state index in [1.54, 1.807) is 9.80 Å². The molecule has 0 bridgehead atoms. The van der Waals surface area contributed by atoms with Gasteiger partial charge in [0.15, 0.2) is 0 Å². The molecule has 0 aromatic carbocycles. The third-order valence-corrected chi connectivity index (χ3v) is 3.62. The Morgan fingerprint density at radius 1 is 0.941 bits per heavy atom. The molecule has 12 nitrogen and oxygen atoms in total. The number of carboxylic acid groups (broad SMARTS) is 3. The monoisotopic (exact) mass is 515 g/mol. The molecule has 0 aliphatic carbocycles. The highest BCUT2D eigenvalue weighted by atomic mass is 19.4. The molecule has 0 spiro atoms. The van der Waals surface area contributed by atoms with E-state index >= 15 is 0 Å². The van der Waals surface area contributed by atoms with Gasteiger partial charge in [-0.1, -0.05) is 0 Å². The molecule has 1 atom stereocenters. The molecule has 1 unspecified atom stereocenters. The van der Waals surface area contributed by atoms with Crippen molar-refractivity contribution in [1.82, 2.24) is 9.80 Å². The van der Waals surface area contributed by atoms with Crippen molar-refractivity contribution in [3.05, 3.63) is 0 Å². The summed E-state index contributed by atoms with van der Waals surface area (Å²) in [4.78, 5) is 54.7. The van der Waals surface area contributed by atoms with Crippen LogP contribution in [0.3, 0.4) is 0 Å². The van der Waals surface area contributed by atoms with Crippen molar-refractivity contribution in [2.75, 3.05) is 39.3 Å². The number of carboxylic acids is 3. The summed E-state index contributed by atoms with van der Waals surface area (Å²) in [5, 5.41) is 23.1. The number of carbonyl (C=O) groups is 5. The zero-order valence-electron chi connectivity index (χ0n) is 17.6. The Balaban J connectivity index is 0. The molecule has 0 saturated carbocycles. The van der Waals surface area contributed by atoms with Crippen LogP contribution in [0.4, 0.5) is 26.3 Å². The Bertz CT molecular complexity index is 691. The van der Waals surface area contributed by atoms with Crippen molar-refractivity contribution in [1.29, 1.82) is 0 Å². The molecule has 1 fully saturated rings. The lowest BCUT2D eigenvalue weighted by Crippen LogP contribution is -2.57. The summed E-state index contributed by atoms with van der Waals surface area (Å²) >= 11 is 0. The van der Waals surface area contributed by atoms with Gasteiger partial charge in [0.2, 0.25) is 5.91 Å². The van der Waals surface area contributed by atoms with Gasteiger partial charge < -0.3 is 30.7 Å². The van der Waals surface area contributed by atoms with Crippen molar-refractivity contribution in [2.45, 2.75) is 31.7 Å². The number of alkyl halides is 6. The predicted molar refractivity (Wildman–Crippen MR) is 97.3 cm³/mol. The standard InChI is InChI=1S/C12H21N3O5.2C2HF3O2/c1-9(16)20-8-10-6-15(11(17)2-3-13)5-4-14(10)7-12(18)19;2*3-2(4,5)1(6)7/h10H,2-8,13H2,1H3,(H,18,19);2*(H,6,7). The number of aliphatic carboxylic acids is 3. The lowest BCUT2D eigenvalue weighted by molar-refractivity contribution is -0.193. The van der Waals surface area contributed by atoms with E-state index in [9.17, 15) is 40.7 Å². The molecule has 1 heterocycles. The molecular weight excluding hydrogens is 492 g/mol. The second-order valence-electron chi connectivity index (χ2n) is 6.30. The summed E-state index contributed by atoms with van der Waals surface area (Å²) in [5.74, 6) is -6.94. The first-order chi connectivity index (χ1) is 15.3. The summed E-state index contributed by atoms with van der Waals surface area (Å²) in [6.45, 7) is 2.76. The fraction of sp³-hybridized carbons (Fsp3) is 0.688. The van der Waals surface area contributed by atoms with E-state index in [-0.39, 0.29) is 38.1 Å². The molecule has 1 rings (SSSR count). The van der Waals surface area contributed by atoms with Gasteiger partial charge in [-0.25, -0.2) is 9.59 Å². The van der Waals surface area contributed by atoms with E-state index in [1.165, 1.54) is 6.92 Å². The molecule has 0 aromatic heterocycles. The third kappa shape index (κ3) is 15.6. The quantitative estimate of drug-likeness (QED) is 0.270. The minimum absolute atomic E-state index is 0.0599. The van der Waals surface area contributed by atoms with Gasteiger partial charge in [0.1, 0.15) is 6.61 Å². The van der Waals surface area contributed by atoms with E-state index in [2.05, 4.69) is 0 Å². The van der Waals surface area contributed by atoms with Gasteiger partial charge in [-0.15, -0.1) is 0 Å². The minimum Gasteiger partial charge on any atom is -0.480 e. The first kappa shape index (κ1) is 33.0. The maximum Gasteiger partial charge on any atom is 0.490 e. The molecule has 1 saturated heterocycles. The van der Waals surface area contributed by atoms with Crippen LogP contribution in [0.1, 0.15) is 13.3 Å². The number of esters is 1. The molecule has 1 aliphatic heterocycles. The van der Waals surface area contributed by atoms with E-state index in [4.69, 9.17) is 35.4 Å². The topological polar surface area (TPSA) is 188 Å². The number of amides is 1. The molecule has 1 amide bonds. The van der Waals surface area contributed by atoms with E-state index in [1.807, 2.05) is 0 Å². The smallest absolute Gasteiger partial charge is 0.480 e. The average Bonchev–Trinajstić information content (AvgIpc) is 2.66. The summed E-state index contributed by atoms with van der Waals surface area (Å²) in [6.07, 6.45) is -9.90. The minimum atomic E-state index is -5.08. The van der Waals surface area contributed by atoms with Gasteiger partial charge in [-0.05, 0) is 0 Å². The highest BCUT2D eigenvalue weighted by molar-refractivity contribution is 5.76. The van der Waals surface area contributed by atoms with Gasteiger partial charge in [0, 0.05) is 39.5 Å². The van der Waals surface area contributed by atoms with Crippen molar-refractivity contribution in [2.24, 2.45) is 5.73 Å². The number of ether oxygens (including phenoxy) is 1. The van der Waals surface area contributed by atoms with Crippen molar-refractivity contribution in [3.63, 3.8) is 0 Å². The van der Waals surface area contributed by atoms with E-state index in [0.717, 1.165) is 0 Å². The summed E-state index contributed by atoms with van der Waals surface area (Å²) in [7, 11) is 0. The highest BCUT2D eigenvalue weighted by Gasteiger charge is 2.39. The van der Waals surface area contributed by atoms with Gasteiger partial charge in [0.05, 0.1) is 12.6 Å². The zero-order valence-corrected chi connectivity index (χ0v) is 17.6. The predicted octanol–water partition coefficient (Wildman–Crippen LogP) is -0.238.